The lowest BCUT2D eigenvalue weighted by atomic mass is 10.2. The molecule has 33 heavy (non-hydrogen) atoms. The Morgan fingerprint density at radius 3 is 2.70 bits per heavy atom. The van der Waals surface area contributed by atoms with E-state index < -0.39 is 10.8 Å². The minimum atomic E-state index is -0.532. The molecule has 4 rings (SSSR count). The van der Waals surface area contributed by atoms with Gasteiger partial charge < -0.3 is 9.73 Å². The van der Waals surface area contributed by atoms with Crippen LogP contribution in [0.5, 0.6) is 0 Å². The predicted molar refractivity (Wildman–Crippen MR) is 122 cm³/mol. The summed E-state index contributed by atoms with van der Waals surface area (Å²) in [7, 11) is 0. The standard InChI is InChI=1S/C21H18Cl2N6O4/c1-12-20(13(2)28(26-12)9-14-3-4-15(22)7-18(14)23)25-21(30)19-6-5-17(33-19)11-27-10-16(8-24-27)29(31)32/h3-8,10H,9,11H2,1-2H3,(H,25,30). The molecule has 0 aliphatic rings. The van der Waals surface area contributed by atoms with Crippen molar-refractivity contribution in [3.8, 4) is 0 Å². The monoisotopic (exact) mass is 488 g/mol. The Morgan fingerprint density at radius 1 is 1.21 bits per heavy atom. The normalized spacial score (nSPS) is 11.0. The fraction of sp³-hybridized carbons (Fsp3) is 0.190. The van der Waals surface area contributed by atoms with Gasteiger partial charge in [0.15, 0.2) is 5.76 Å². The molecule has 0 spiro atoms. The second kappa shape index (κ2) is 9.08. The number of rotatable bonds is 7. The van der Waals surface area contributed by atoms with Crippen LogP contribution in [0.15, 0.2) is 47.1 Å². The number of hydrogen-bond acceptors (Lipinski definition) is 6. The molecule has 12 heteroatoms. The lowest BCUT2D eigenvalue weighted by molar-refractivity contribution is -0.385. The number of aryl methyl sites for hydroxylation is 1. The third kappa shape index (κ3) is 4.91. The number of benzene rings is 1. The van der Waals surface area contributed by atoms with E-state index in [4.69, 9.17) is 27.6 Å². The number of amides is 1. The molecule has 0 saturated heterocycles. The van der Waals surface area contributed by atoms with E-state index in [9.17, 15) is 14.9 Å². The number of halogens is 2. The van der Waals surface area contributed by atoms with Crippen molar-refractivity contribution in [3.05, 3.63) is 91.4 Å². The molecule has 170 valence electrons. The van der Waals surface area contributed by atoms with Crippen molar-refractivity contribution >= 4 is 40.5 Å². The molecular formula is C21H18Cl2N6O4. The van der Waals surface area contributed by atoms with Gasteiger partial charge in [-0.2, -0.15) is 10.2 Å². The maximum Gasteiger partial charge on any atom is 0.307 e. The number of furan rings is 1. The minimum Gasteiger partial charge on any atom is -0.454 e. The van der Waals surface area contributed by atoms with Gasteiger partial charge in [0.1, 0.15) is 18.2 Å². The zero-order chi connectivity index (χ0) is 23.7. The highest BCUT2D eigenvalue weighted by Gasteiger charge is 2.19. The van der Waals surface area contributed by atoms with Gasteiger partial charge in [-0.25, -0.2) is 0 Å². The number of nitrogens with zero attached hydrogens (tertiary/aromatic N) is 5. The van der Waals surface area contributed by atoms with Gasteiger partial charge >= 0.3 is 5.69 Å². The average molecular weight is 489 g/mol. The Labute approximate surface area is 197 Å². The van der Waals surface area contributed by atoms with E-state index in [1.807, 2.05) is 13.0 Å². The second-order valence-electron chi connectivity index (χ2n) is 7.31. The number of nitrogens with one attached hydrogen (secondary N) is 1. The maximum atomic E-state index is 12.7. The minimum absolute atomic E-state index is 0.0963. The Balaban J connectivity index is 1.47. The van der Waals surface area contributed by atoms with Gasteiger partial charge in [-0.05, 0) is 43.7 Å². The zero-order valence-electron chi connectivity index (χ0n) is 17.6. The number of carbonyl (C=O) groups is 1. The summed E-state index contributed by atoms with van der Waals surface area (Å²) in [5.74, 6) is 0.0848. The molecule has 3 aromatic heterocycles. The number of nitro groups is 1. The molecule has 3 heterocycles. The summed E-state index contributed by atoms with van der Waals surface area (Å²) in [5.41, 5.74) is 2.69. The van der Waals surface area contributed by atoms with Crippen LogP contribution in [0.4, 0.5) is 11.4 Å². The van der Waals surface area contributed by atoms with Gasteiger partial charge in [0, 0.05) is 10.0 Å². The van der Waals surface area contributed by atoms with Crippen LogP contribution in [0.2, 0.25) is 10.0 Å². The first kappa shape index (κ1) is 22.6. The van der Waals surface area contributed by atoms with Crippen LogP contribution in [-0.2, 0) is 13.1 Å². The van der Waals surface area contributed by atoms with E-state index >= 15 is 0 Å². The number of aromatic nitrogens is 4. The molecule has 1 aromatic carbocycles. The third-order valence-electron chi connectivity index (χ3n) is 4.99. The summed E-state index contributed by atoms with van der Waals surface area (Å²) in [6.07, 6.45) is 2.44. The first-order chi connectivity index (χ1) is 15.7. The molecular weight excluding hydrogens is 471 g/mol. The largest absolute Gasteiger partial charge is 0.454 e. The van der Waals surface area contributed by atoms with Crippen molar-refractivity contribution in [3.63, 3.8) is 0 Å². The van der Waals surface area contributed by atoms with Crippen molar-refractivity contribution in [1.29, 1.82) is 0 Å². The average Bonchev–Trinajstić information content (AvgIpc) is 3.47. The van der Waals surface area contributed by atoms with Gasteiger partial charge in [-0.15, -0.1) is 0 Å². The Morgan fingerprint density at radius 2 is 2.00 bits per heavy atom. The first-order valence-corrected chi connectivity index (χ1v) is 10.5. The van der Waals surface area contributed by atoms with Crippen LogP contribution in [-0.4, -0.2) is 30.4 Å². The summed E-state index contributed by atoms with van der Waals surface area (Å²) >= 11 is 12.2. The van der Waals surface area contributed by atoms with E-state index in [0.29, 0.717) is 33.7 Å². The summed E-state index contributed by atoms with van der Waals surface area (Å²) < 4.78 is 8.71. The maximum absolute atomic E-state index is 12.7. The second-order valence-corrected chi connectivity index (χ2v) is 8.16. The van der Waals surface area contributed by atoms with Crippen LogP contribution >= 0.6 is 23.2 Å². The number of carbonyl (C=O) groups excluding carboxylic acids is 1. The molecule has 0 atom stereocenters. The highest BCUT2D eigenvalue weighted by molar-refractivity contribution is 6.35. The fourth-order valence-electron chi connectivity index (χ4n) is 3.30. The highest BCUT2D eigenvalue weighted by Crippen LogP contribution is 2.25. The zero-order valence-corrected chi connectivity index (χ0v) is 19.1. The SMILES string of the molecule is Cc1nn(Cc2ccc(Cl)cc2Cl)c(C)c1NC(=O)c1ccc(Cn2cc([N+](=O)[O-])cn2)o1. The molecule has 1 amide bonds. The van der Waals surface area contributed by atoms with E-state index in [0.717, 1.165) is 17.5 Å². The van der Waals surface area contributed by atoms with Crippen LogP contribution in [0.3, 0.4) is 0 Å². The van der Waals surface area contributed by atoms with Crippen molar-refractivity contribution < 1.29 is 14.1 Å². The van der Waals surface area contributed by atoms with Gasteiger partial charge in [0.25, 0.3) is 5.91 Å². The van der Waals surface area contributed by atoms with Gasteiger partial charge in [0.2, 0.25) is 0 Å². The van der Waals surface area contributed by atoms with E-state index in [1.165, 1.54) is 16.9 Å². The van der Waals surface area contributed by atoms with E-state index in [-0.39, 0.29) is 18.0 Å². The lowest BCUT2D eigenvalue weighted by Crippen LogP contribution is -2.12. The van der Waals surface area contributed by atoms with Crippen molar-refractivity contribution in [2.24, 2.45) is 0 Å². The Hall–Kier alpha value is -3.63. The van der Waals surface area contributed by atoms with Crippen LogP contribution < -0.4 is 5.32 Å². The number of anilines is 1. The summed E-state index contributed by atoms with van der Waals surface area (Å²) in [5, 5.41) is 23.1. The fourth-order valence-corrected chi connectivity index (χ4v) is 3.76. The van der Waals surface area contributed by atoms with Crippen LogP contribution in [0.25, 0.3) is 0 Å². The Kier molecular flexibility index (Phi) is 6.21. The molecule has 0 bridgehead atoms. The molecule has 0 unspecified atom stereocenters. The lowest BCUT2D eigenvalue weighted by Gasteiger charge is -2.08. The smallest absolute Gasteiger partial charge is 0.307 e. The van der Waals surface area contributed by atoms with Gasteiger partial charge in [-0.3, -0.25) is 24.3 Å². The molecule has 0 aliphatic heterocycles. The summed E-state index contributed by atoms with van der Waals surface area (Å²) in [6.45, 7) is 4.21. The van der Waals surface area contributed by atoms with E-state index in [1.54, 1.807) is 29.8 Å². The molecule has 10 nitrogen and oxygen atoms in total. The van der Waals surface area contributed by atoms with Crippen molar-refractivity contribution in [1.82, 2.24) is 19.6 Å². The van der Waals surface area contributed by atoms with Gasteiger partial charge in [-0.1, -0.05) is 29.3 Å². The topological polar surface area (TPSA) is 121 Å². The summed E-state index contributed by atoms with van der Waals surface area (Å²) in [4.78, 5) is 23.0. The van der Waals surface area contributed by atoms with E-state index in [2.05, 4.69) is 15.5 Å². The van der Waals surface area contributed by atoms with Crippen molar-refractivity contribution in [2.45, 2.75) is 26.9 Å². The quantitative estimate of drug-likeness (QED) is 0.293. The first-order valence-electron chi connectivity index (χ1n) is 9.76. The van der Waals surface area contributed by atoms with Crippen molar-refractivity contribution in [2.75, 3.05) is 5.32 Å². The van der Waals surface area contributed by atoms with Gasteiger partial charge in [0.05, 0.1) is 35.1 Å². The van der Waals surface area contributed by atoms with Crippen LogP contribution in [0.1, 0.15) is 33.3 Å². The molecule has 1 N–H and O–H groups in total. The molecule has 0 radical (unpaired) electrons. The highest BCUT2D eigenvalue weighted by atomic mass is 35.5. The molecule has 0 aliphatic carbocycles. The summed E-state index contributed by atoms with van der Waals surface area (Å²) in [6, 6.07) is 8.41. The third-order valence-corrected chi connectivity index (χ3v) is 5.58. The molecule has 0 saturated carbocycles. The molecule has 4 aromatic rings. The Bertz CT molecular complexity index is 1360. The van der Waals surface area contributed by atoms with Crippen LogP contribution in [0, 0.1) is 24.0 Å². The number of hydrogen-bond donors (Lipinski definition) is 1. The predicted octanol–water partition coefficient (Wildman–Crippen LogP) is 4.85. The molecule has 0 fully saturated rings.